The van der Waals surface area contributed by atoms with Crippen molar-refractivity contribution < 1.29 is 4.79 Å². The third-order valence-corrected chi connectivity index (χ3v) is 5.03. The Morgan fingerprint density at radius 1 is 1.09 bits per heavy atom. The standard InChI is InChI=1S/C19H21IN2O/c1-15-13-21(14-16-5-3-2-4-6-16)11-12-22(15)19(23)17-7-9-18(20)10-8-17/h2-10,15H,11-14H2,1H3/t15-/m1/s1. The maximum absolute atomic E-state index is 12.7. The highest BCUT2D eigenvalue weighted by atomic mass is 127. The van der Waals surface area contributed by atoms with Crippen molar-refractivity contribution in [3.05, 3.63) is 69.3 Å². The van der Waals surface area contributed by atoms with Crippen molar-refractivity contribution in [3.8, 4) is 0 Å². The van der Waals surface area contributed by atoms with Crippen LogP contribution in [0.2, 0.25) is 0 Å². The summed E-state index contributed by atoms with van der Waals surface area (Å²) >= 11 is 2.26. The van der Waals surface area contributed by atoms with Crippen molar-refractivity contribution in [1.82, 2.24) is 9.80 Å². The van der Waals surface area contributed by atoms with Gasteiger partial charge in [-0.2, -0.15) is 0 Å². The normalized spacial score (nSPS) is 18.9. The summed E-state index contributed by atoms with van der Waals surface area (Å²) in [5.74, 6) is 0.147. The fourth-order valence-electron chi connectivity index (χ4n) is 3.08. The van der Waals surface area contributed by atoms with Gasteiger partial charge in [-0.3, -0.25) is 9.69 Å². The maximum atomic E-state index is 12.7. The summed E-state index contributed by atoms with van der Waals surface area (Å²) < 4.78 is 1.15. The Morgan fingerprint density at radius 2 is 1.78 bits per heavy atom. The quantitative estimate of drug-likeness (QED) is 0.709. The van der Waals surface area contributed by atoms with Crippen LogP contribution in [0.5, 0.6) is 0 Å². The van der Waals surface area contributed by atoms with Crippen LogP contribution in [0.1, 0.15) is 22.8 Å². The van der Waals surface area contributed by atoms with Gasteiger partial charge in [0, 0.05) is 41.4 Å². The third-order valence-electron chi connectivity index (χ3n) is 4.31. The Kier molecular flexibility index (Phi) is 5.33. The Labute approximate surface area is 151 Å². The highest BCUT2D eigenvalue weighted by Gasteiger charge is 2.27. The van der Waals surface area contributed by atoms with Gasteiger partial charge in [0.05, 0.1) is 0 Å². The van der Waals surface area contributed by atoms with Crippen molar-refractivity contribution in [3.63, 3.8) is 0 Å². The van der Waals surface area contributed by atoms with E-state index < -0.39 is 0 Å². The number of halogens is 1. The van der Waals surface area contributed by atoms with Crippen LogP contribution in [0, 0.1) is 3.57 Å². The first kappa shape index (κ1) is 16.5. The second-order valence-corrected chi connectivity index (χ2v) is 7.32. The van der Waals surface area contributed by atoms with Gasteiger partial charge in [-0.25, -0.2) is 0 Å². The maximum Gasteiger partial charge on any atom is 0.254 e. The predicted molar refractivity (Wildman–Crippen MR) is 101 cm³/mol. The molecule has 23 heavy (non-hydrogen) atoms. The van der Waals surface area contributed by atoms with Gasteiger partial charge in [0.15, 0.2) is 0 Å². The molecule has 4 heteroatoms. The number of rotatable bonds is 3. The van der Waals surface area contributed by atoms with Gasteiger partial charge >= 0.3 is 0 Å². The lowest BCUT2D eigenvalue weighted by atomic mass is 10.1. The highest BCUT2D eigenvalue weighted by Crippen LogP contribution is 2.17. The van der Waals surface area contributed by atoms with Crippen LogP contribution >= 0.6 is 22.6 Å². The molecule has 0 unspecified atom stereocenters. The molecular formula is C19H21IN2O. The first-order chi connectivity index (χ1) is 11.1. The number of hydrogen-bond donors (Lipinski definition) is 0. The summed E-state index contributed by atoms with van der Waals surface area (Å²) in [5.41, 5.74) is 2.12. The molecule has 1 heterocycles. The van der Waals surface area contributed by atoms with Gasteiger partial charge in [0.25, 0.3) is 5.91 Å². The van der Waals surface area contributed by atoms with Gasteiger partial charge in [0.2, 0.25) is 0 Å². The Bertz CT molecular complexity index is 657. The summed E-state index contributed by atoms with van der Waals surface area (Å²) in [5, 5.41) is 0. The van der Waals surface area contributed by atoms with Crippen molar-refractivity contribution in [2.75, 3.05) is 19.6 Å². The molecule has 0 aromatic heterocycles. The third kappa shape index (κ3) is 4.12. The van der Waals surface area contributed by atoms with Crippen LogP contribution < -0.4 is 0 Å². The molecule has 0 bridgehead atoms. The lowest BCUT2D eigenvalue weighted by Gasteiger charge is -2.40. The van der Waals surface area contributed by atoms with Gasteiger partial charge < -0.3 is 4.90 Å². The Balaban J connectivity index is 1.62. The SMILES string of the molecule is C[C@@H]1CN(Cc2ccccc2)CCN1C(=O)c1ccc(I)cc1. The van der Waals surface area contributed by atoms with Gasteiger partial charge in [0.1, 0.15) is 0 Å². The fourth-order valence-corrected chi connectivity index (χ4v) is 3.44. The molecule has 3 nitrogen and oxygen atoms in total. The predicted octanol–water partition coefficient (Wildman–Crippen LogP) is 3.64. The van der Waals surface area contributed by atoms with Gasteiger partial charge in [-0.1, -0.05) is 30.3 Å². The topological polar surface area (TPSA) is 23.6 Å². The molecule has 0 spiro atoms. The minimum atomic E-state index is 0.147. The monoisotopic (exact) mass is 420 g/mol. The first-order valence-corrected chi connectivity index (χ1v) is 9.04. The van der Waals surface area contributed by atoms with Gasteiger partial charge in [-0.05, 0) is 59.3 Å². The number of benzene rings is 2. The molecule has 1 atom stereocenters. The summed E-state index contributed by atoms with van der Waals surface area (Å²) in [6.45, 7) is 5.73. The molecule has 1 aliphatic rings. The molecule has 2 aromatic rings. The zero-order chi connectivity index (χ0) is 16.2. The highest BCUT2D eigenvalue weighted by molar-refractivity contribution is 14.1. The van der Waals surface area contributed by atoms with Crippen molar-refractivity contribution >= 4 is 28.5 Å². The second kappa shape index (κ2) is 7.45. The van der Waals surface area contributed by atoms with E-state index in [0.29, 0.717) is 0 Å². The summed E-state index contributed by atoms with van der Waals surface area (Å²) in [4.78, 5) is 17.1. The minimum absolute atomic E-state index is 0.147. The fraction of sp³-hybridized carbons (Fsp3) is 0.316. The molecule has 3 rings (SSSR count). The van der Waals surface area contributed by atoms with E-state index in [1.807, 2.05) is 35.2 Å². The number of amides is 1. The van der Waals surface area contributed by atoms with Crippen LogP contribution in [-0.2, 0) is 6.54 Å². The molecule has 0 saturated carbocycles. The van der Waals surface area contributed by atoms with E-state index >= 15 is 0 Å². The molecule has 1 aliphatic heterocycles. The molecule has 1 saturated heterocycles. The second-order valence-electron chi connectivity index (χ2n) is 6.08. The summed E-state index contributed by atoms with van der Waals surface area (Å²) in [6, 6.07) is 18.6. The number of carbonyl (C=O) groups excluding carboxylic acids is 1. The Morgan fingerprint density at radius 3 is 2.43 bits per heavy atom. The average Bonchev–Trinajstić information content (AvgIpc) is 2.56. The number of piperazine rings is 1. The molecule has 1 amide bonds. The molecule has 1 fully saturated rings. The molecule has 0 N–H and O–H groups in total. The zero-order valence-electron chi connectivity index (χ0n) is 13.3. The van der Waals surface area contributed by atoms with Crippen LogP contribution in [0.25, 0.3) is 0 Å². The van der Waals surface area contributed by atoms with Crippen LogP contribution in [0.4, 0.5) is 0 Å². The summed E-state index contributed by atoms with van der Waals surface area (Å²) in [7, 11) is 0. The zero-order valence-corrected chi connectivity index (χ0v) is 15.4. The number of nitrogens with zero attached hydrogens (tertiary/aromatic N) is 2. The lowest BCUT2D eigenvalue weighted by molar-refractivity contribution is 0.0475. The van der Waals surface area contributed by atoms with E-state index in [1.165, 1.54) is 5.56 Å². The largest absolute Gasteiger partial charge is 0.333 e. The Hall–Kier alpha value is -1.40. The number of carbonyl (C=O) groups is 1. The first-order valence-electron chi connectivity index (χ1n) is 7.96. The molecule has 2 aromatic carbocycles. The van der Waals surface area contributed by atoms with Crippen LogP contribution in [-0.4, -0.2) is 41.4 Å². The smallest absolute Gasteiger partial charge is 0.254 e. The molecule has 0 aliphatic carbocycles. The van der Waals surface area contributed by atoms with Crippen LogP contribution in [0.15, 0.2) is 54.6 Å². The van der Waals surface area contributed by atoms with E-state index in [-0.39, 0.29) is 11.9 Å². The van der Waals surface area contributed by atoms with E-state index in [9.17, 15) is 4.79 Å². The summed E-state index contributed by atoms with van der Waals surface area (Å²) in [6.07, 6.45) is 0. The molecular weight excluding hydrogens is 399 g/mol. The van der Waals surface area contributed by atoms with Crippen molar-refractivity contribution in [2.24, 2.45) is 0 Å². The van der Waals surface area contributed by atoms with E-state index in [4.69, 9.17) is 0 Å². The lowest BCUT2D eigenvalue weighted by Crippen LogP contribution is -2.53. The van der Waals surface area contributed by atoms with Crippen molar-refractivity contribution in [1.29, 1.82) is 0 Å². The average molecular weight is 420 g/mol. The minimum Gasteiger partial charge on any atom is -0.333 e. The van der Waals surface area contributed by atoms with E-state index in [1.54, 1.807) is 0 Å². The van der Waals surface area contributed by atoms with Crippen LogP contribution in [0.3, 0.4) is 0 Å². The van der Waals surface area contributed by atoms with E-state index in [2.05, 4.69) is 58.7 Å². The molecule has 0 radical (unpaired) electrons. The van der Waals surface area contributed by atoms with Crippen molar-refractivity contribution in [2.45, 2.75) is 19.5 Å². The van der Waals surface area contributed by atoms with Gasteiger partial charge in [-0.15, -0.1) is 0 Å². The van der Waals surface area contributed by atoms with E-state index in [0.717, 1.165) is 35.3 Å². The number of hydrogen-bond acceptors (Lipinski definition) is 2. The molecule has 120 valence electrons.